The van der Waals surface area contributed by atoms with Crippen molar-refractivity contribution in [2.75, 3.05) is 0 Å². The Hall–Kier alpha value is -0.820. The average molecular weight is 171 g/mol. The second kappa shape index (κ2) is 3.54. The molecule has 2 heteroatoms. The van der Waals surface area contributed by atoms with E-state index in [-0.39, 0.29) is 10.8 Å². The van der Waals surface area contributed by atoms with Crippen LogP contribution in [0.2, 0.25) is 5.02 Å². The Balaban J connectivity index is 3.05. The van der Waals surface area contributed by atoms with E-state index in [0.29, 0.717) is 6.42 Å². The van der Waals surface area contributed by atoms with E-state index in [2.05, 4.69) is 6.58 Å². The number of halogens is 2. The molecule has 58 valence electrons. The topological polar surface area (TPSA) is 0 Å². The molecule has 0 aliphatic heterocycles. The zero-order chi connectivity index (χ0) is 8.27. The van der Waals surface area contributed by atoms with Crippen LogP contribution in [-0.4, -0.2) is 0 Å². The van der Waals surface area contributed by atoms with Crippen LogP contribution >= 0.6 is 11.6 Å². The molecular weight excluding hydrogens is 163 g/mol. The van der Waals surface area contributed by atoms with Crippen molar-refractivity contribution in [3.63, 3.8) is 0 Å². The minimum atomic E-state index is -0.369. The maximum atomic E-state index is 12.7. The fraction of sp³-hybridized carbons (Fsp3) is 0.111. The minimum absolute atomic E-state index is 0.201. The molecule has 0 aliphatic rings. The van der Waals surface area contributed by atoms with Crippen LogP contribution in [0, 0.1) is 5.82 Å². The van der Waals surface area contributed by atoms with Crippen LogP contribution in [0.5, 0.6) is 0 Å². The first-order chi connectivity index (χ1) is 5.25. The summed E-state index contributed by atoms with van der Waals surface area (Å²) in [6.07, 6.45) is 2.30. The highest BCUT2D eigenvalue weighted by Gasteiger charge is 2.02. The maximum absolute atomic E-state index is 12.7. The van der Waals surface area contributed by atoms with Gasteiger partial charge in [-0.2, -0.15) is 0 Å². The van der Waals surface area contributed by atoms with Crippen molar-refractivity contribution in [1.29, 1.82) is 0 Å². The van der Waals surface area contributed by atoms with Crippen molar-refractivity contribution in [1.82, 2.24) is 0 Å². The predicted octanol–water partition coefficient (Wildman–Crippen LogP) is 3.21. The van der Waals surface area contributed by atoms with Gasteiger partial charge in [0.2, 0.25) is 0 Å². The summed E-state index contributed by atoms with van der Waals surface area (Å²) in [5.74, 6) is -0.369. The molecule has 0 unspecified atom stereocenters. The summed E-state index contributed by atoms with van der Waals surface area (Å²) in [6, 6.07) is 4.77. The highest BCUT2D eigenvalue weighted by Crippen LogP contribution is 2.19. The van der Waals surface area contributed by atoms with E-state index in [1.807, 2.05) is 0 Å². The van der Waals surface area contributed by atoms with Gasteiger partial charge in [0, 0.05) is 0 Å². The summed E-state index contributed by atoms with van der Waals surface area (Å²) >= 11 is 5.65. The third kappa shape index (κ3) is 1.81. The zero-order valence-corrected chi connectivity index (χ0v) is 6.74. The molecule has 0 saturated carbocycles. The van der Waals surface area contributed by atoms with Gasteiger partial charge in [-0.3, -0.25) is 0 Å². The summed E-state index contributed by atoms with van der Waals surface area (Å²) in [5, 5.41) is 0.201. The van der Waals surface area contributed by atoms with Crippen LogP contribution in [0.4, 0.5) is 4.39 Å². The van der Waals surface area contributed by atoms with Crippen molar-refractivity contribution in [3.8, 4) is 0 Å². The Morgan fingerprint density at radius 1 is 1.55 bits per heavy atom. The van der Waals surface area contributed by atoms with Crippen LogP contribution in [-0.2, 0) is 6.42 Å². The fourth-order valence-electron chi connectivity index (χ4n) is 0.862. The Bertz CT molecular complexity index is 268. The van der Waals surface area contributed by atoms with Gasteiger partial charge in [0.15, 0.2) is 0 Å². The monoisotopic (exact) mass is 170 g/mol. The summed E-state index contributed by atoms with van der Waals surface area (Å²) < 4.78 is 12.7. The van der Waals surface area contributed by atoms with Crippen molar-refractivity contribution in [2.24, 2.45) is 0 Å². The van der Waals surface area contributed by atoms with Gasteiger partial charge in [0.05, 0.1) is 5.02 Å². The third-order valence-electron chi connectivity index (χ3n) is 1.40. The molecule has 1 aromatic carbocycles. The first kappa shape index (κ1) is 8.28. The number of allylic oxidation sites excluding steroid dienone is 1. The van der Waals surface area contributed by atoms with E-state index < -0.39 is 0 Å². The summed E-state index contributed by atoms with van der Waals surface area (Å²) in [5.41, 5.74) is 0.779. The molecule has 11 heavy (non-hydrogen) atoms. The maximum Gasteiger partial charge on any atom is 0.142 e. The number of rotatable bonds is 2. The lowest BCUT2D eigenvalue weighted by Crippen LogP contribution is -1.85. The van der Waals surface area contributed by atoms with Crippen molar-refractivity contribution < 1.29 is 4.39 Å². The highest BCUT2D eigenvalue weighted by atomic mass is 35.5. The summed E-state index contributed by atoms with van der Waals surface area (Å²) in [7, 11) is 0. The predicted molar refractivity (Wildman–Crippen MR) is 45.3 cm³/mol. The second-order valence-corrected chi connectivity index (χ2v) is 2.58. The molecule has 0 saturated heterocycles. The first-order valence-electron chi connectivity index (χ1n) is 3.29. The van der Waals surface area contributed by atoms with Gasteiger partial charge in [0.25, 0.3) is 0 Å². The highest BCUT2D eigenvalue weighted by molar-refractivity contribution is 6.31. The lowest BCUT2D eigenvalue weighted by Gasteiger charge is -1.99. The third-order valence-corrected chi connectivity index (χ3v) is 1.82. The molecule has 0 bridgehead atoms. The molecule has 0 amide bonds. The van der Waals surface area contributed by atoms with Crippen LogP contribution in [0.25, 0.3) is 0 Å². The quantitative estimate of drug-likeness (QED) is 0.598. The average Bonchev–Trinajstić information content (AvgIpc) is 1.99. The fourth-order valence-corrected chi connectivity index (χ4v) is 1.06. The summed E-state index contributed by atoms with van der Waals surface area (Å²) in [4.78, 5) is 0. The van der Waals surface area contributed by atoms with Gasteiger partial charge >= 0.3 is 0 Å². The molecule has 0 atom stereocenters. The number of hydrogen-bond acceptors (Lipinski definition) is 0. The van der Waals surface area contributed by atoms with Crippen molar-refractivity contribution >= 4 is 11.6 Å². The molecule has 1 rings (SSSR count). The molecule has 0 heterocycles. The van der Waals surface area contributed by atoms with Gasteiger partial charge < -0.3 is 0 Å². The van der Waals surface area contributed by atoms with E-state index in [4.69, 9.17) is 11.6 Å². The minimum Gasteiger partial charge on any atom is -0.205 e. The molecule has 0 aliphatic carbocycles. The van der Waals surface area contributed by atoms with E-state index in [1.54, 1.807) is 18.2 Å². The molecule has 0 radical (unpaired) electrons. The van der Waals surface area contributed by atoms with Gasteiger partial charge in [-0.15, -0.1) is 6.58 Å². The molecule has 0 nitrogen and oxygen atoms in total. The molecule has 0 aromatic heterocycles. The number of hydrogen-bond donors (Lipinski definition) is 0. The van der Waals surface area contributed by atoms with Gasteiger partial charge in [-0.05, 0) is 18.1 Å². The van der Waals surface area contributed by atoms with Gasteiger partial charge in [0.1, 0.15) is 5.82 Å². The van der Waals surface area contributed by atoms with Crippen molar-refractivity contribution in [3.05, 3.63) is 47.3 Å². The molecule has 0 spiro atoms. The van der Waals surface area contributed by atoms with E-state index >= 15 is 0 Å². The van der Waals surface area contributed by atoms with Crippen LogP contribution in [0.3, 0.4) is 0 Å². The zero-order valence-electron chi connectivity index (χ0n) is 5.98. The second-order valence-electron chi connectivity index (χ2n) is 2.21. The number of benzene rings is 1. The Morgan fingerprint density at radius 2 is 2.27 bits per heavy atom. The SMILES string of the molecule is C=CCc1cccc(F)c1Cl. The van der Waals surface area contributed by atoms with E-state index in [0.717, 1.165) is 5.56 Å². The van der Waals surface area contributed by atoms with Crippen molar-refractivity contribution in [2.45, 2.75) is 6.42 Å². The molecule has 1 aromatic rings. The van der Waals surface area contributed by atoms with E-state index in [9.17, 15) is 4.39 Å². The van der Waals surface area contributed by atoms with Gasteiger partial charge in [-0.1, -0.05) is 29.8 Å². The molecular formula is C9H8ClF. The normalized spacial score (nSPS) is 9.64. The first-order valence-corrected chi connectivity index (χ1v) is 3.67. The van der Waals surface area contributed by atoms with Crippen LogP contribution < -0.4 is 0 Å². The molecule has 0 N–H and O–H groups in total. The molecule has 0 fully saturated rings. The van der Waals surface area contributed by atoms with Gasteiger partial charge in [-0.25, -0.2) is 4.39 Å². The Labute approximate surface area is 70.3 Å². The smallest absolute Gasteiger partial charge is 0.142 e. The lowest BCUT2D eigenvalue weighted by atomic mass is 10.1. The Morgan fingerprint density at radius 3 is 2.91 bits per heavy atom. The Kier molecular flexibility index (Phi) is 2.66. The van der Waals surface area contributed by atoms with E-state index in [1.165, 1.54) is 6.07 Å². The largest absolute Gasteiger partial charge is 0.205 e. The van der Waals surface area contributed by atoms with Crippen LogP contribution in [0.1, 0.15) is 5.56 Å². The van der Waals surface area contributed by atoms with Crippen LogP contribution in [0.15, 0.2) is 30.9 Å². The lowest BCUT2D eigenvalue weighted by molar-refractivity contribution is 0.626. The standard InChI is InChI=1S/C9H8ClF/c1-2-4-7-5-3-6-8(11)9(7)10/h2-3,5-6H,1,4H2. The summed E-state index contributed by atoms with van der Waals surface area (Å²) in [6.45, 7) is 3.55.